The average Bonchev–Trinajstić information content (AvgIpc) is 3.65. The zero-order chi connectivity index (χ0) is 43.4. The third kappa shape index (κ3) is 13.2. The van der Waals surface area contributed by atoms with E-state index in [2.05, 4.69) is 31.4 Å². The summed E-state index contributed by atoms with van der Waals surface area (Å²) in [6.45, 7) is 20.3. The molecule has 2 N–H and O–H groups in total. The van der Waals surface area contributed by atoms with Gasteiger partial charge in [0.1, 0.15) is 12.1 Å². The summed E-state index contributed by atoms with van der Waals surface area (Å²) in [6, 6.07) is 6.39. The number of hydrogen-bond acceptors (Lipinski definition) is 9. The van der Waals surface area contributed by atoms with Crippen molar-refractivity contribution in [3.05, 3.63) is 35.9 Å². The summed E-state index contributed by atoms with van der Waals surface area (Å²) in [5, 5.41) is 5.97. The highest BCUT2D eigenvalue weighted by Gasteiger charge is 2.44. The van der Waals surface area contributed by atoms with Crippen molar-refractivity contribution >= 4 is 29.6 Å². The Morgan fingerprint density at radius 1 is 0.877 bits per heavy atom. The number of likely N-dealkylation sites (N-methyl/N-ethyl adjacent to an activating group) is 2. The first-order valence-electron chi connectivity index (χ1n) is 20.7. The van der Waals surface area contributed by atoms with Crippen molar-refractivity contribution in [3.8, 4) is 0 Å². The summed E-state index contributed by atoms with van der Waals surface area (Å²) in [5.74, 6) is -2.47. The van der Waals surface area contributed by atoms with Gasteiger partial charge in [-0.1, -0.05) is 85.2 Å². The minimum Gasteiger partial charge on any atom is -0.467 e. The predicted octanol–water partition coefficient (Wildman–Crippen LogP) is 4.70. The molecule has 4 amide bonds. The monoisotopic (exact) mass is 802 g/mol. The number of benzene rings is 1. The smallest absolute Gasteiger partial charge is 0.328 e. The van der Waals surface area contributed by atoms with E-state index in [1.807, 2.05) is 83.8 Å². The van der Waals surface area contributed by atoms with E-state index in [1.165, 1.54) is 14.2 Å². The Hall–Kier alpha value is -3.55. The zero-order valence-electron chi connectivity index (χ0n) is 37.6. The summed E-state index contributed by atoms with van der Waals surface area (Å²) in [4.78, 5) is 74.5. The molecular weight excluding hydrogens is 727 g/mol. The van der Waals surface area contributed by atoms with Gasteiger partial charge >= 0.3 is 5.97 Å². The van der Waals surface area contributed by atoms with Gasteiger partial charge in [-0.3, -0.25) is 24.1 Å². The number of nitrogens with one attached hydrogen (secondary N) is 2. The molecule has 1 aliphatic rings. The maximum atomic E-state index is 14.4. The number of carbonyl (C=O) groups excluding carboxylic acids is 5. The number of ether oxygens (including phenoxy) is 3. The van der Waals surface area contributed by atoms with Gasteiger partial charge in [-0.15, -0.1) is 0 Å². The molecule has 1 heterocycles. The second kappa shape index (κ2) is 22.6. The molecule has 1 saturated heterocycles. The zero-order valence-corrected chi connectivity index (χ0v) is 37.6. The summed E-state index contributed by atoms with van der Waals surface area (Å²) in [7, 11) is 8.05. The van der Waals surface area contributed by atoms with Gasteiger partial charge in [-0.05, 0) is 64.0 Å². The second-order valence-corrected chi connectivity index (χ2v) is 17.6. The van der Waals surface area contributed by atoms with E-state index in [0.29, 0.717) is 13.0 Å². The van der Waals surface area contributed by atoms with E-state index in [-0.39, 0.29) is 59.8 Å². The van der Waals surface area contributed by atoms with E-state index in [0.717, 1.165) is 18.4 Å². The molecule has 324 valence electrons. The third-order valence-corrected chi connectivity index (χ3v) is 11.9. The Bertz CT molecular complexity index is 1450. The number of esters is 1. The fraction of sp³-hybridized carbons (Fsp3) is 0.750. The van der Waals surface area contributed by atoms with E-state index in [1.54, 1.807) is 30.9 Å². The molecule has 9 atom stereocenters. The quantitative estimate of drug-likeness (QED) is 0.169. The van der Waals surface area contributed by atoms with Crippen LogP contribution in [0, 0.1) is 23.7 Å². The highest BCUT2D eigenvalue weighted by atomic mass is 16.5. The van der Waals surface area contributed by atoms with Crippen molar-refractivity contribution < 1.29 is 38.2 Å². The lowest BCUT2D eigenvalue weighted by Crippen LogP contribution is -2.61. The van der Waals surface area contributed by atoms with Gasteiger partial charge < -0.3 is 34.6 Å². The number of amides is 4. The largest absolute Gasteiger partial charge is 0.467 e. The van der Waals surface area contributed by atoms with Crippen LogP contribution >= 0.6 is 0 Å². The van der Waals surface area contributed by atoms with Crippen LogP contribution in [-0.4, -0.2) is 134 Å². The van der Waals surface area contributed by atoms with Crippen LogP contribution in [0.3, 0.4) is 0 Å². The molecule has 0 saturated carbocycles. The molecule has 0 bridgehead atoms. The Morgan fingerprint density at radius 3 is 1.98 bits per heavy atom. The number of likely N-dealkylation sites (tertiary alicyclic amines) is 1. The minimum absolute atomic E-state index is 0.00261. The van der Waals surface area contributed by atoms with Crippen molar-refractivity contribution in [3.63, 3.8) is 0 Å². The van der Waals surface area contributed by atoms with Crippen LogP contribution in [0.2, 0.25) is 0 Å². The summed E-state index contributed by atoms with van der Waals surface area (Å²) in [5.41, 5.74) is 0.610. The highest BCUT2D eigenvalue weighted by Crippen LogP contribution is 2.30. The third-order valence-electron chi connectivity index (χ3n) is 11.9. The summed E-state index contributed by atoms with van der Waals surface area (Å²) >= 11 is 0. The van der Waals surface area contributed by atoms with Crippen LogP contribution in [0.5, 0.6) is 0 Å². The molecule has 13 heteroatoms. The molecule has 0 radical (unpaired) electrons. The van der Waals surface area contributed by atoms with Crippen LogP contribution in [-0.2, 0) is 44.6 Å². The van der Waals surface area contributed by atoms with Gasteiger partial charge in [0.25, 0.3) is 0 Å². The molecule has 0 spiro atoms. The van der Waals surface area contributed by atoms with Crippen LogP contribution < -0.4 is 10.6 Å². The van der Waals surface area contributed by atoms with Gasteiger partial charge in [-0.2, -0.15) is 0 Å². The summed E-state index contributed by atoms with van der Waals surface area (Å²) in [6.07, 6.45) is 1.05. The number of methoxy groups -OCH3 is 3. The number of hydrogen-bond donors (Lipinski definition) is 2. The SMILES string of the molecule is CCC(C)[C@@H]([C@@H](CC(=O)N1CCC[C@H]1C(OC)[C@@H](C)C(=O)N[C@@H](Cc1ccccc1)C(=O)OC)OC)N(C)C(=O)[C@@H](NC(=O)[C@H](C(C)C)N(C)C(C)(C)C)C(C)C. The molecule has 13 nitrogen and oxygen atoms in total. The van der Waals surface area contributed by atoms with Gasteiger partial charge in [0.05, 0.1) is 49.8 Å². The normalized spacial score (nSPS) is 19.0. The van der Waals surface area contributed by atoms with Crippen LogP contribution in [0.4, 0.5) is 0 Å². The Kier molecular flexibility index (Phi) is 19.6. The highest BCUT2D eigenvalue weighted by molar-refractivity contribution is 5.90. The standard InChI is InChI=1S/C44H75N5O8/c1-16-29(6)38(47(11)42(53)36(27(2)3)46-41(52)37(28(4)5)48(12)44(8,9)10)34(55-13)26-35(50)49-24-20-23-33(49)39(56-14)30(7)40(51)45-32(43(54)57-15)25-31-21-18-17-19-22-31/h17-19,21-22,27-30,32-34,36-39H,16,20,23-26H2,1-15H3,(H,45,51)(H,46,52)/t29?,30-,32+,33+,34-,36+,37+,38+,39?/m1/s1. The topological polar surface area (TPSA) is 147 Å². The second-order valence-electron chi connectivity index (χ2n) is 17.6. The van der Waals surface area contributed by atoms with E-state index < -0.39 is 54.3 Å². The molecule has 1 fully saturated rings. The first-order valence-corrected chi connectivity index (χ1v) is 20.7. The molecule has 0 aliphatic carbocycles. The molecular formula is C44H75N5O8. The van der Waals surface area contributed by atoms with Crippen molar-refractivity contribution in [2.45, 2.75) is 149 Å². The Labute approximate surface area is 343 Å². The average molecular weight is 802 g/mol. The molecule has 1 aromatic rings. The number of rotatable bonds is 21. The van der Waals surface area contributed by atoms with Gasteiger partial charge in [0, 0.05) is 39.8 Å². The van der Waals surface area contributed by atoms with E-state index in [9.17, 15) is 24.0 Å². The summed E-state index contributed by atoms with van der Waals surface area (Å²) < 4.78 is 17.0. The molecule has 0 aromatic heterocycles. The molecule has 2 unspecified atom stereocenters. The molecule has 1 aromatic carbocycles. The van der Waals surface area contributed by atoms with Crippen molar-refractivity contribution in [1.82, 2.24) is 25.3 Å². The van der Waals surface area contributed by atoms with Gasteiger partial charge in [-0.25, -0.2) is 4.79 Å². The van der Waals surface area contributed by atoms with Crippen molar-refractivity contribution in [2.24, 2.45) is 23.7 Å². The lowest BCUT2D eigenvalue weighted by molar-refractivity contribution is -0.149. The molecule has 57 heavy (non-hydrogen) atoms. The van der Waals surface area contributed by atoms with E-state index in [4.69, 9.17) is 14.2 Å². The molecule has 2 rings (SSSR count). The number of nitrogens with zero attached hydrogens (tertiary/aromatic N) is 3. The van der Waals surface area contributed by atoms with Crippen LogP contribution in [0.1, 0.15) is 100 Å². The lowest BCUT2D eigenvalue weighted by Gasteiger charge is -2.42. The maximum absolute atomic E-state index is 14.4. The first-order chi connectivity index (χ1) is 26.7. The van der Waals surface area contributed by atoms with Crippen LogP contribution in [0.25, 0.3) is 0 Å². The minimum atomic E-state index is -0.893. The first kappa shape index (κ1) is 49.6. The fourth-order valence-electron chi connectivity index (χ4n) is 8.11. The van der Waals surface area contributed by atoms with Gasteiger partial charge in [0.15, 0.2) is 0 Å². The predicted molar refractivity (Wildman–Crippen MR) is 223 cm³/mol. The van der Waals surface area contributed by atoms with Crippen LogP contribution in [0.15, 0.2) is 30.3 Å². The van der Waals surface area contributed by atoms with Crippen molar-refractivity contribution in [2.75, 3.05) is 42.0 Å². The fourth-order valence-corrected chi connectivity index (χ4v) is 8.11. The Morgan fingerprint density at radius 2 is 1.49 bits per heavy atom. The molecule has 1 aliphatic heterocycles. The maximum Gasteiger partial charge on any atom is 0.328 e. The lowest BCUT2D eigenvalue weighted by atomic mass is 9.89. The van der Waals surface area contributed by atoms with E-state index >= 15 is 0 Å². The van der Waals surface area contributed by atoms with Gasteiger partial charge in [0.2, 0.25) is 23.6 Å². The number of carbonyl (C=O) groups is 5. The van der Waals surface area contributed by atoms with Crippen molar-refractivity contribution in [1.29, 1.82) is 0 Å². The Balaban J connectivity index is 2.31.